The second-order valence-corrected chi connectivity index (χ2v) is 5.34. The van der Waals surface area contributed by atoms with Gasteiger partial charge in [-0.2, -0.15) is 0 Å². The smallest absolute Gasteiger partial charge is 0.308 e. The molecule has 1 unspecified atom stereocenters. The predicted molar refractivity (Wildman–Crippen MR) is 70.6 cm³/mol. The Bertz CT molecular complexity index is 540. The fourth-order valence-corrected chi connectivity index (χ4v) is 2.35. The highest BCUT2D eigenvalue weighted by Crippen LogP contribution is 2.37. The summed E-state index contributed by atoms with van der Waals surface area (Å²) in [6.45, 7) is 1.22. The molecular weight excluding hydrogens is 276 g/mol. The van der Waals surface area contributed by atoms with Gasteiger partial charge in [-0.1, -0.05) is 0 Å². The maximum atomic E-state index is 12.4. The van der Waals surface area contributed by atoms with Gasteiger partial charge in [-0.15, -0.1) is 5.10 Å². The van der Waals surface area contributed by atoms with Crippen LogP contribution in [0.4, 0.5) is 0 Å². The van der Waals surface area contributed by atoms with Crippen LogP contribution in [0.15, 0.2) is 0 Å². The van der Waals surface area contributed by atoms with E-state index < -0.39 is 0 Å². The van der Waals surface area contributed by atoms with Crippen LogP contribution in [0.3, 0.4) is 0 Å². The highest BCUT2D eigenvalue weighted by atomic mass is 16.5. The summed E-state index contributed by atoms with van der Waals surface area (Å²) in [6.07, 6.45) is 2.00. The number of nitrogens with zero attached hydrogens (tertiary/aromatic N) is 3. The molecule has 0 radical (unpaired) electrons. The summed E-state index contributed by atoms with van der Waals surface area (Å²) < 4.78 is 10.1. The van der Waals surface area contributed by atoms with E-state index in [1.807, 2.05) is 0 Å². The molecule has 1 atom stereocenters. The number of hydrogen-bond donors (Lipinski definition) is 1. The van der Waals surface area contributed by atoms with Gasteiger partial charge < -0.3 is 14.4 Å². The quantitative estimate of drug-likeness (QED) is 0.790. The lowest BCUT2D eigenvalue weighted by atomic mass is 10.2. The molecule has 8 heteroatoms. The molecule has 1 aliphatic heterocycles. The fourth-order valence-electron chi connectivity index (χ4n) is 2.35. The lowest BCUT2D eigenvalue weighted by molar-refractivity contribution is -0.145. The van der Waals surface area contributed by atoms with Crippen molar-refractivity contribution in [2.45, 2.75) is 31.3 Å². The standard InChI is InChI=1S/C13H18N4O4/c1-20-10(18)6-9-7-17(4-5-21-9)13(19)12-14-11(15-16-12)8-2-3-8/h8-9H,2-7H2,1H3,(H,14,15,16). The van der Waals surface area contributed by atoms with E-state index in [2.05, 4.69) is 19.9 Å². The molecule has 21 heavy (non-hydrogen) atoms. The van der Waals surface area contributed by atoms with E-state index in [1.165, 1.54) is 7.11 Å². The minimum Gasteiger partial charge on any atom is -0.469 e. The van der Waals surface area contributed by atoms with Crippen molar-refractivity contribution in [1.29, 1.82) is 0 Å². The Hall–Kier alpha value is -1.96. The zero-order valence-electron chi connectivity index (χ0n) is 11.9. The summed E-state index contributed by atoms with van der Waals surface area (Å²) in [5, 5.41) is 6.82. The number of ether oxygens (including phenoxy) is 2. The van der Waals surface area contributed by atoms with Crippen molar-refractivity contribution < 1.29 is 19.1 Å². The van der Waals surface area contributed by atoms with E-state index in [1.54, 1.807) is 4.90 Å². The Morgan fingerprint density at radius 2 is 2.29 bits per heavy atom. The van der Waals surface area contributed by atoms with Crippen molar-refractivity contribution in [3.8, 4) is 0 Å². The van der Waals surface area contributed by atoms with Crippen molar-refractivity contribution in [3.05, 3.63) is 11.6 Å². The third-order valence-electron chi connectivity index (χ3n) is 3.71. The van der Waals surface area contributed by atoms with E-state index in [-0.39, 0.29) is 30.2 Å². The van der Waals surface area contributed by atoms with E-state index in [9.17, 15) is 9.59 Å². The molecule has 0 bridgehead atoms. The van der Waals surface area contributed by atoms with Gasteiger partial charge in [0.2, 0.25) is 5.82 Å². The molecule has 2 aliphatic rings. The highest BCUT2D eigenvalue weighted by Gasteiger charge is 2.31. The van der Waals surface area contributed by atoms with Crippen molar-refractivity contribution in [2.24, 2.45) is 0 Å². The molecule has 2 fully saturated rings. The minimum absolute atomic E-state index is 0.140. The number of aromatic amines is 1. The summed E-state index contributed by atoms with van der Waals surface area (Å²) in [5.41, 5.74) is 0. The molecule has 1 N–H and O–H groups in total. The van der Waals surface area contributed by atoms with Gasteiger partial charge in [-0.3, -0.25) is 14.7 Å². The van der Waals surface area contributed by atoms with Crippen LogP contribution in [-0.2, 0) is 14.3 Å². The minimum atomic E-state index is -0.344. The molecule has 1 amide bonds. The van der Waals surface area contributed by atoms with E-state index in [4.69, 9.17) is 4.74 Å². The largest absolute Gasteiger partial charge is 0.469 e. The van der Waals surface area contributed by atoms with Gasteiger partial charge >= 0.3 is 5.97 Å². The average Bonchev–Trinajstić information content (AvgIpc) is 3.24. The zero-order chi connectivity index (χ0) is 14.8. The van der Waals surface area contributed by atoms with Gasteiger partial charge in [0.05, 0.1) is 26.2 Å². The number of hydrogen-bond acceptors (Lipinski definition) is 6. The molecule has 2 heterocycles. The fraction of sp³-hybridized carbons (Fsp3) is 0.692. The zero-order valence-corrected chi connectivity index (χ0v) is 11.9. The number of H-pyrrole nitrogens is 1. The summed E-state index contributed by atoms with van der Waals surface area (Å²) in [6, 6.07) is 0. The third-order valence-corrected chi connectivity index (χ3v) is 3.71. The van der Waals surface area contributed by atoms with Crippen molar-refractivity contribution in [1.82, 2.24) is 20.1 Å². The number of rotatable bonds is 4. The van der Waals surface area contributed by atoms with Crippen LogP contribution in [0.25, 0.3) is 0 Å². The molecule has 1 saturated heterocycles. The Balaban J connectivity index is 1.61. The monoisotopic (exact) mass is 294 g/mol. The molecule has 0 aromatic carbocycles. The van der Waals surface area contributed by atoms with Crippen LogP contribution in [0.1, 0.15) is 41.6 Å². The highest BCUT2D eigenvalue weighted by molar-refractivity contribution is 5.90. The number of methoxy groups -OCH3 is 1. The van der Waals surface area contributed by atoms with Gasteiger partial charge in [0.25, 0.3) is 5.91 Å². The van der Waals surface area contributed by atoms with Crippen molar-refractivity contribution >= 4 is 11.9 Å². The first kappa shape index (κ1) is 14.0. The number of morpholine rings is 1. The normalized spacial score (nSPS) is 22.1. The van der Waals surface area contributed by atoms with E-state index in [0.29, 0.717) is 25.6 Å². The summed E-state index contributed by atoms with van der Waals surface area (Å²) in [7, 11) is 1.33. The first-order valence-electron chi connectivity index (χ1n) is 7.07. The number of nitrogens with one attached hydrogen (secondary N) is 1. The Kier molecular flexibility index (Phi) is 3.87. The van der Waals surface area contributed by atoms with Crippen molar-refractivity contribution in [3.63, 3.8) is 0 Å². The van der Waals surface area contributed by atoms with Crippen LogP contribution < -0.4 is 0 Å². The molecule has 1 aliphatic carbocycles. The third kappa shape index (κ3) is 3.21. The molecule has 1 aromatic rings. The number of amides is 1. The van der Waals surface area contributed by atoms with Gasteiger partial charge in [-0.25, -0.2) is 4.98 Å². The van der Waals surface area contributed by atoms with Gasteiger partial charge in [0.1, 0.15) is 5.82 Å². The van der Waals surface area contributed by atoms with Gasteiger partial charge in [-0.05, 0) is 12.8 Å². The van der Waals surface area contributed by atoms with Crippen molar-refractivity contribution in [2.75, 3.05) is 26.8 Å². The number of carbonyl (C=O) groups is 2. The molecule has 1 saturated carbocycles. The lowest BCUT2D eigenvalue weighted by Crippen LogP contribution is -2.46. The first-order chi connectivity index (χ1) is 10.2. The van der Waals surface area contributed by atoms with Gasteiger partial charge in [0.15, 0.2) is 0 Å². The molecule has 8 nitrogen and oxygen atoms in total. The molecule has 114 valence electrons. The molecular formula is C13H18N4O4. The van der Waals surface area contributed by atoms with E-state index >= 15 is 0 Å². The Labute approximate surface area is 121 Å². The maximum Gasteiger partial charge on any atom is 0.308 e. The number of esters is 1. The van der Waals surface area contributed by atoms with Crippen LogP contribution in [-0.4, -0.2) is 64.9 Å². The number of aromatic nitrogens is 3. The topological polar surface area (TPSA) is 97.4 Å². The lowest BCUT2D eigenvalue weighted by Gasteiger charge is -2.31. The summed E-state index contributed by atoms with van der Waals surface area (Å²) in [4.78, 5) is 29.5. The van der Waals surface area contributed by atoms with E-state index in [0.717, 1.165) is 18.7 Å². The molecule has 1 aromatic heterocycles. The Morgan fingerprint density at radius 1 is 1.48 bits per heavy atom. The average molecular weight is 294 g/mol. The predicted octanol–water partition coefficient (Wildman–Crippen LogP) is 0.0862. The molecule has 3 rings (SSSR count). The maximum absolute atomic E-state index is 12.4. The summed E-state index contributed by atoms with van der Waals surface area (Å²) >= 11 is 0. The van der Waals surface area contributed by atoms with Crippen LogP contribution >= 0.6 is 0 Å². The molecule has 0 spiro atoms. The van der Waals surface area contributed by atoms with Crippen LogP contribution in [0, 0.1) is 0 Å². The summed E-state index contributed by atoms with van der Waals surface area (Å²) in [5.74, 6) is 0.837. The van der Waals surface area contributed by atoms with Gasteiger partial charge in [0, 0.05) is 19.0 Å². The Morgan fingerprint density at radius 3 is 3.00 bits per heavy atom. The second-order valence-electron chi connectivity index (χ2n) is 5.34. The SMILES string of the molecule is COC(=O)CC1CN(C(=O)c2n[nH]c(C3CC3)n2)CCO1. The number of carbonyl (C=O) groups excluding carboxylic acids is 2. The first-order valence-corrected chi connectivity index (χ1v) is 7.07. The van der Waals surface area contributed by atoms with Crippen LogP contribution in [0.2, 0.25) is 0 Å². The van der Waals surface area contributed by atoms with Crippen LogP contribution in [0.5, 0.6) is 0 Å². The second kappa shape index (κ2) is 5.80.